The van der Waals surface area contributed by atoms with E-state index in [1.807, 2.05) is 31.2 Å². The summed E-state index contributed by atoms with van der Waals surface area (Å²) in [5.74, 6) is 0.0570. The van der Waals surface area contributed by atoms with Crippen molar-refractivity contribution >= 4 is 28.6 Å². The normalized spacial score (nSPS) is 10.9. The number of fused-ring (bicyclic) bond motifs is 1. The van der Waals surface area contributed by atoms with E-state index < -0.39 is 0 Å². The Hall–Kier alpha value is -3.94. The third kappa shape index (κ3) is 3.43. The van der Waals surface area contributed by atoms with Crippen LogP contribution in [-0.4, -0.2) is 40.2 Å². The van der Waals surface area contributed by atoms with Gasteiger partial charge in [0.05, 0.1) is 5.56 Å². The Labute approximate surface area is 173 Å². The quantitative estimate of drug-likeness (QED) is 0.552. The maximum absolute atomic E-state index is 12.7. The molecule has 4 aromatic rings. The van der Waals surface area contributed by atoms with Crippen molar-refractivity contribution in [3.8, 4) is 11.5 Å². The van der Waals surface area contributed by atoms with E-state index in [0.717, 1.165) is 11.3 Å². The first-order valence-corrected chi connectivity index (χ1v) is 9.54. The number of rotatable bonds is 5. The summed E-state index contributed by atoms with van der Waals surface area (Å²) in [6.45, 7) is 2.39. The largest absolute Gasteiger partial charge is 0.435 e. The molecule has 0 spiro atoms. The van der Waals surface area contributed by atoms with E-state index in [-0.39, 0.29) is 11.8 Å². The van der Waals surface area contributed by atoms with Gasteiger partial charge in [-0.15, -0.1) is 0 Å². The summed E-state index contributed by atoms with van der Waals surface area (Å²) in [7, 11) is 3.44. The Morgan fingerprint density at radius 1 is 1.13 bits per heavy atom. The van der Waals surface area contributed by atoms with Crippen LogP contribution in [0.3, 0.4) is 0 Å². The van der Waals surface area contributed by atoms with Crippen LogP contribution in [0, 0.1) is 0 Å². The predicted molar refractivity (Wildman–Crippen MR) is 113 cm³/mol. The SMILES string of the molecule is CCNC(=O)c1cccc2nc(-c3ccc(N(C)C(=O)c4ccnn4C)cc3)oc12. The van der Waals surface area contributed by atoms with Gasteiger partial charge in [-0.1, -0.05) is 6.07 Å². The molecule has 0 saturated heterocycles. The van der Waals surface area contributed by atoms with Crippen molar-refractivity contribution in [1.29, 1.82) is 0 Å². The first kappa shape index (κ1) is 19.4. The van der Waals surface area contributed by atoms with Gasteiger partial charge in [-0.2, -0.15) is 5.10 Å². The molecule has 2 aromatic heterocycles. The number of nitrogens with zero attached hydrogens (tertiary/aromatic N) is 4. The zero-order valence-corrected chi connectivity index (χ0v) is 16.9. The second kappa shape index (κ2) is 7.82. The monoisotopic (exact) mass is 403 g/mol. The Morgan fingerprint density at radius 3 is 2.57 bits per heavy atom. The molecule has 0 atom stereocenters. The molecule has 8 nitrogen and oxygen atoms in total. The molecular formula is C22H21N5O3. The van der Waals surface area contributed by atoms with Gasteiger partial charge in [-0.25, -0.2) is 4.98 Å². The Kier molecular flexibility index (Phi) is 5.05. The van der Waals surface area contributed by atoms with Crippen LogP contribution in [0.15, 0.2) is 59.1 Å². The van der Waals surface area contributed by atoms with E-state index in [9.17, 15) is 9.59 Å². The predicted octanol–water partition coefficient (Wildman–Crippen LogP) is 3.25. The maximum Gasteiger partial charge on any atom is 0.276 e. The lowest BCUT2D eigenvalue weighted by molar-refractivity contribution is 0.0954. The standard InChI is InChI=1S/C22H21N5O3/c1-4-23-20(28)16-6-5-7-17-19(16)30-21(25-17)14-8-10-15(11-9-14)26(2)22(29)18-12-13-24-27(18)3/h5-13H,4H2,1-3H3,(H,23,28). The highest BCUT2D eigenvalue weighted by molar-refractivity contribution is 6.05. The smallest absolute Gasteiger partial charge is 0.276 e. The number of carbonyl (C=O) groups is 2. The minimum absolute atomic E-state index is 0.156. The zero-order chi connectivity index (χ0) is 21.3. The Bertz CT molecular complexity index is 1220. The zero-order valence-electron chi connectivity index (χ0n) is 16.9. The van der Waals surface area contributed by atoms with Crippen LogP contribution in [0.5, 0.6) is 0 Å². The molecule has 4 rings (SSSR count). The van der Waals surface area contributed by atoms with Crippen molar-refractivity contribution in [2.75, 3.05) is 18.5 Å². The number of hydrogen-bond donors (Lipinski definition) is 1. The summed E-state index contributed by atoms with van der Waals surface area (Å²) >= 11 is 0. The fourth-order valence-electron chi connectivity index (χ4n) is 3.21. The van der Waals surface area contributed by atoms with E-state index >= 15 is 0 Å². The lowest BCUT2D eigenvalue weighted by atomic mass is 10.2. The molecule has 0 fully saturated rings. The minimum atomic E-state index is -0.198. The number of oxazole rings is 1. The molecule has 0 aliphatic carbocycles. The lowest BCUT2D eigenvalue weighted by Crippen LogP contribution is -2.28. The summed E-state index contributed by atoms with van der Waals surface area (Å²) < 4.78 is 7.45. The van der Waals surface area contributed by atoms with Crippen molar-refractivity contribution in [1.82, 2.24) is 20.1 Å². The summed E-state index contributed by atoms with van der Waals surface area (Å²) in [6, 6.07) is 14.3. The minimum Gasteiger partial charge on any atom is -0.435 e. The van der Waals surface area contributed by atoms with Crippen LogP contribution in [0.1, 0.15) is 27.8 Å². The molecule has 0 aliphatic heterocycles. The van der Waals surface area contributed by atoms with E-state index in [2.05, 4.69) is 15.4 Å². The summed E-state index contributed by atoms with van der Waals surface area (Å²) in [4.78, 5) is 31.0. The third-order valence-corrected chi connectivity index (χ3v) is 4.84. The van der Waals surface area contributed by atoms with E-state index in [1.54, 1.807) is 49.5 Å². The van der Waals surface area contributed by atoms with Gasteiger partial charge in [0.1, 0.15) is 11.2 Å². The van der Waals surface area contributed by atoms with Crippen LogP contribution < -0.4 is 10.2 Å². The van der Waals surface area contributed by atoms with E-state index in [0.29, 0.717) is 34.8 Å². The van der Waals surface area contributed by atoms with Crippen LogP contribution in [-0.2, 0) is 7.05 Å². The fourth-order valence-corrected chi connectivity index (χ4v) is 3.21. The second-order valence-electron chi connectivity index (χ2n) is 6.78. The molecule has 8 heteroatoms. The van der Waals surface area contributed by atoms with E-state index in [4.69, 9.17) is 4.42 Å². The topological polar surface area (TPSA) is 93.3 Å². The number of para-hydroxylation sites is 1. The molecule has 2 heterocycles. The van der Waals surface area contributed by atoms with Gasteiger partial charge in [0.15, 0.2) is 5.58 Å². The van der Waals surface area contributed by atoms with Gasteiger partial charge in [-0.3, -0.25) is 14.3 Å². The number of anilines is 1. The third-order valence-electron chi connectivity index (χ3n) is 4.84. The molecule has 0 bridgehead atoms. The highest BCUT2D eigenvalue weighted by Crippen LogP contribution is 2.28. The molecule has 0 unspecified atom stereocenters. The molecule has 0 saturated carbocycles. The van der Waals surface area contributed by atoms with E-state index in [1.165, 1.54) is 4.68 Å². The molecule has 152 valence electrons. The van der Waals surface area contributed by atoms with Gasteiger partial charge in [0.25, 0.3) is 11.8 Å². The first-order chi connectivity index (χ1) is 14.5. The van der Waals surface area contributed by atoms with Crippen molar-refractivity contribution in [3.05, 3.63) is 66.0 Å². The average molecular weight is 403 g/mol. The maximum atomic E-state index is 12.7. The highest BCUT2D eigenvalue weighted by Gasteiger charge is 2.18. The van der Waals surface area contributed by atoms with Crippen LogP contribution >= 0.6 is 0 Å². The van der Waals surface area contributed by atoms with Crippen molar-refractivity contribution in [2.45, 2.75) is 6.92 Å². The van der Waals surface area contributed by atoms with Gasteiger partial charge >= 0.3 is 0 Å². The van der Waals surface area contributed by atoms with Gasteiger partial charge in [0.2, 0.25) is 5.89 Å². The molecular weight excluding hydrogens is 382 g/mol. The summed E-state index contributed by atoms with van der Waals surface area (Å²) in [5, 5.41) is 6.82. The van der Waals surface area contributed by atoms with Crippen LogP contribution in [0.4, 0.5) is 5.69 Å². The van der Waals surface area contributed by atoms with Crippen molar-refractivity contribution in [2.24, 2.45) is 7.05 Å². The van der Waals surface area contributed by atoms with Gasteiger partial charge < -0.3 is 14.6 Å². The number of aryl methyl sites for hydroxylation is 1. The molecule has 2 amide bonds. The number of nitrogens with one attached hydrogen (secondary N) is 1. The second-order valence-corrected chi connectivity index (χ2v) is 6.78. The fraction of sp³-hybridized carbons (Fsp3) is 0.182. The van der Waals surface area contributed by atoms with Crippen molar-refractivity contribution < 1.29 is 14.0 Å². The van der Waals surface area contributed by atoms with Crippen molar-refractivity contribution in [3.63, 3.8) is 0 Å². The average Bonchev–Trinajstić information content (AvgIpc) is 3.39. The lowest BCUT2D eigenvalue weighted by Gasteiger charge is -2.17. The first-order valence-electron chi connectivity index (χ1n) is 9.54. The number of hydrogen-bond acceptors (Lipinski definition) is 5. The molecule has 0 aliphatic rings. The highest BCUT2D eigenvalue weighted by atomic mass is 16.3. The summed E-state index contributed by atoms with van der Waals surface area (Å²) in [6.07, 6.45) is 1.59. The number of carbonyl (C=O) groups excluding carboxylic acids is 2. The summed E-state index contributed by atoms with van der Waals surface area (Å²) in [5.41, 5.74) is 3.49. The number of amides is 2. The molecule has 2 aromatic carbocycles. The Morgan fingerprint density at radius 2 is 1.90 bits per heavy atom. The molecule has 0 radical (unpaired) electrons. The van der Waals surface area contributed by atoms with Gasteiger partial charge in [0, 0.05) is 38.1 Å². The molecule has 30 heavy (non-hydrogen) atoms. The van der Waals surface area contributed by atoms with Gasteiger partial charge in [-0.05, 0) is 49.4 Å². The Balaban J connectivity index is 1.62. The number of aromatic nitrogens is 3. The molecule has 1 N–H and O–H groups in total. The number of benzene rings is 2. The van der Waals surface area contributed by atoms with Crippen LogP contribution in [0.25, 0.3) is 22.6 Å². The van der Waals surface area contributed by atoms with Crippen LogP contribution in [0.2, 0.25) is 0 Å².